The largest absolute Gasteiger partial charge is 0.310 e. The Morgan fingerprint density at radius 2 is 1.11 bits per heavy atom. The molecule has 0 N–H and O–H groups in total. The van der Waals surface area contributed by atoms with Crippen LogP contribution in [0, 0.1) is 0 Å². The van der Waals surface area contributed by atoms with Crippen LogP contribution in [0.25, 0.3) is 31.3 Å². The lowest BCUT2D eigenvalue weighted by Gasteiger charge is -2.34. The molecule has 1 aromatic heterocycles. The van der Waals surface area contributed by atoms with Gasteiger partial charge in [0.1, 0.15) is 0 Å². The van der Waals surface area contributed by atoms with Crippen LogP contribution in [0.2, 0.25) is 0 Å². The highest BCUT2D eigenvalue weighted by Crippen LogP contribution is 2.57. The fourth-order valence-corrected chi connectivity index (χ4v) is 8.28. The highest BCUT2D eigenvalue weighted by atomic mass is 32.1. The van der Waals surface area contributed by atoms with E-state index in [-0.39, 0.29) is 29.7 Å². The molecule has 1 nitrogen and oxygen atoms in total. The maximum atomic E-state index is 9.37. The fourth-order valence-electron chi connectivity index (χ4n) is 7.13. The monoisotopic (exact) mass is 596 g/mol. The molecule has 0 saturated carbocycles. The lowest BCUT2D eigenvalue weighted by atomic mass is 9.67. The molecule has 1 aliphatic carbocycles. The van der Waals surface area contributed by atoms with Crippen molar-refractivity contribution in [3.63, 3.8) is 0 Å². The van der Waals surface area contributed by atoms with Gasteiger partial charge in [-0.15, -0.1) is 11.3 Å². The second kappa shape index (κ2) is 10.3. The number of fused-ring (bicyclic) bond motifs is 6. The number of nitrogens with zero attached hydrogens (tertiary/aromatic N) is 1. The van der Waals surface area contributed by atoms with Crippen LogP contribution in [0.1, 0.15) is 29.1 Å². The summed E-state index contributed by atoms with van der Waals surface area (Å²) in [7, 11) is 0. The van der Waals surface area contributed by atoms with E-state index in [0.29, 0.717) is 0 Å². The van der Waals surface area contributed by atoms with Gasteiger partial charge in [-0.3, -0.25) is 0 Å². The molecule has 9 rings (SSSR count). The Kier molecular flexibility index (Phi) is 4.89. The van der Waals surface area contributed by atoms with Crippen molar-refractivity contribution < 1.29 is 6.85 Å². The van der Waals surface area contributed by atoms with Crippen molar-refractivity contribution in [1.82, 2.24) is 0 Å². The average molecular weight is 597 g/mol. The normalized spacial score (nSPS) is 16.8. The molecule has 1 heterocycles. The molecule has 0 spiro atoms. The third kappa shape index (κ3) is 3.93. The predicted octanol–water partition coefficient (Wildman–Crippen LogP) is 11.9. The summed E-state index contributed by atoms with van der Waals surface area (Å²) in [5.41, 5.74) is 6.59. The first-order valence-corrected chi connectivity index (χ1v) is 15.8. The SMILES string of the molecule is [2H]c1c([2H])c([2H])c(C2(c3ccc4c(c3)sc3ccccc34)c3ccccc3-c3cc(N(c4ccccc4)c4ccccc4)ccc32)c([2H])c1[2H]. The third-order valence-corrected chi connectivity index (χ3v) is 10.1. The van der Waals surface area contributed by atoms with Crippen molar-refractivity contribution >= 4 is 48.6 Å². The second-order valence-corrected chi connectivity index (χ2v) is 12.4. The van der Waals surface area contributed by atoms with Crippen molar-refractivity contribution in [2.75, 3.05) is 4.90 Å². The van der Waals surface area contributed by atoms with Crippen molar-refractivity contribution in [2.24, 2.45) is 0 Å². The van der Waals surface area contributed by atoms with Crippen LogP contribution < -0.4 is 4.90 Å². The molecular formula is C43H29NS. The molecule has 7 aromatic carbocycles. The molecule has 0 bridgehead atoms. The summed E-state index contributed by atoms with van der Waals surface area (Å²) in [6.45, 7) is 0. The van der Waals surface area contributed by atoms with Gasteiger partial charge in [0, 0.05) is 37.2 Å². The number of thiophene rings is 1. The van der Waals surface area contributed by atoms with Gasteiger partial charge in [-0.1, -0.05) is 127 Å². The summed E-state index contributed by atoms with van der Waals surface area (Å²) >= 11 is 1.71. The highest BCUT2D eigenvalue weighted by Gasteiger charge is 2.46. The molecule has 0 saturated heterocycles. The molecule has 1 aliphatic rings. The van der Waals surface area contributed by atoms with Gasteiger partial charge in [0.15, 0.2) is 0 Å². The first-order chi connectivity index (χ1) is 24.4. The van der Waals surface area contributed by atoms with Gasteiger partial charge in [0.25, 0.3) is 0 Å². The summed E-state index contributed by atoms with van der Waals surface area (Å²) in [6.07, 6.45) is 0. The van der Waals surface area contributed by atoms with E-state index in [2.05, 4.69) is 89.8 Å². The van der Waals surface area contributed by atoms with Crippen molar-refractivity contribution in [1.29, 1.82) is 0 Å². The second-order valence-electron chi connectivity index (χ2n) is 11.3. The zero-order valence-corrected chi connectivity index (χ0v) is 25.0. The molecule has 1 unspecified atom stereocenters. The van der Waals surface area contributed by atoms with Gasteiger partial charge < -0.3 is 4.90 Å². The van der Waals surface area contributed by atoms with E-state index in [1.54, 1.807) is 11.3 Å². The van der Waals surface area contributed by atoms with Gasteiger partial charge in [0.2, 0.25) is 0 Å². The number of benzene rings is 7. The fraction of sp³-hybridized carbons (Fsp3) is 0.0233. The molecule has 0 amide bonds. The zero-order valence-electron chi connectivity index (χ0n) is 29.2. The number of hydrogen-bond acceptors (Lipinski definition) is 2. The van der Waals surface area contributed by atoms with E-state index >= 15 is 0 Å². The topological polar surface area (TPSA) is 3.24 Å². The molecule has 0 radical (unpaired) electrons. The van der Waals surface area contributed by atoms with E-state index in [9.17, 15) is 2.74 Å². The minimum atomic E-state index is -1.19. The van der Waals surface area contributed by atoms with Crippen molar-refractivity contribution in [3.8, 4) is 11.1 Å². The Hall–Kier alpha value is -5.44. The Morgan fingerprint density at radius 3 is 1.89 bits per heavy atom. The molecule has 212 valence electrons. The number of anilines is 3. The summed E-state index contributed by atoms with van der Waals surface area (Å²) in [6, 6.07) is 48.2. The Balaban J connectivity index is 1.39. The van der Waals surface area contributed by atoms with Gasteiger partial charge in [-0.25, -0.2) is 0 Å². The number of para-hydroxylation sites is 2. The number of hydrogen-bond donors (Lipinski definition) is 0. The first kappa shape index (κ1) is 21.3. The van der Waals surface area contributed by atoms with E-state index in [4.69, 9.17) is 4.11 Å². The lowest BCUT2D eigenvalue weighted by Crippen LogP contribution is -2.28. The summed E-state index contributed by atoms with van der Waals surface area (Å²) in [5, 5.41) is 2.31. The molecule has 2 heteroatoms. The first-order valence-electron chi connectivity index (χ1n) is 17.5. The van der Waals surface area contributed by atoms with E-state index in [0.717, 1.165) is 55.0 Å². The lowest BCUT2D eigenvalue weighted by molar-refractivity contribution is 0.770. The average Bonchev–Trinajstić information content (AvgIpc) is 3.68. The van der Waals surface area contributed by atoms with Crippen LogP contribution in [0.3, 0.4) is 0 Å². The standard InChI is InChI=1S/C43H29NS/c1-4-14-30(15-5-1)43(31-24-26-37-36-21-11-13-23-41(36)45-42(37)28-31)39-22-12-10-20-35(39)38-29-34(25-27-40(38)43)44(32-16-6-2-7-17-32)33-18-8-3-9-19-33/h1-29H/i1D,4D,5D,14D,15D. The van der Waals surface area contributed by atoms with Crippen LogP contribution >= 0.6 is 11.3 Å². The molecule has 1 atom stereocenters. The number of rotatable bonds is 5. The quantitative estimate of drug-likeness (QED) is 0.191. The molecular weight excluding hydrogens is 563 g/mol. The van der Waals surface area contributed by atoms with Gasteiger partial charge >= 0.3 is 0 Å². The van der Waals surface area contributed by atoms with Crippen LogP contribution in [-0.4, -0.2) is 0 Å². The van der Waals surface area contributed by atoms with Crippen LogP contribution in [0.5, 0.6) is 0 Å². The van der Waals surface area contributed by atoms with Crippen molar-refractivity contribution in [3.05, 3.63) is 198 Å². The molecule has 8 aromatic rings. The zero-order chi connectivity index (χ0) is 34.1. The van der Waals surface area contributed by atoms with Gasteiger partial charge in [0.05, 0.1) is 12.3 Å². The highest BCUT2D eigenvalue weighted by molar-refractivity contribution is 7.25. The van der Waals surface area contributed by atoms with Gasteiger partial charge in [-0.05, 0) is 81.9 Å². The van der Waals surface area contributed by atoms with Crippen molar-refractivity contribution in [2.45, 2.75) is 5.41 Å². The molecule has 0 fully saturated rings. The minimum Gasteiger partial charge on any atom is -0.310 e. The van der Waals surface area contributed by atoms with E-state index in [1.807, 2.05) is 60.7 Å². The predicted molar refractivity (Wildman–Crippen MR) is 191 cm³/mol. The maximum absolute atomic E-state index is 9.37. The Bertz CT molecular complexity index is 2550. The van der Waals surface area contributed by atoms with Crippen LogP contribution in [0.4, 0.5) is 17.1 Å². The minimum absolute atomic E-state index is 0.200. The smallest absolute Gasteiger partial charge is 0.0714 e. The summed E-state index contributed by atoms with van der Waals surface area (Å²) in [5.74, 6) is 0. The molecule has 0 aliphatic heterocycles. The van der Waals surface area contributed by atoms with E-state index in [1.165, 1.54) is 10.1 Å². The molecule has 45 heavy (non-hydrogen) atoms. The van der Waals surface area contributed by atoms with Crippen LogP contribution in [-0.2, 0) is 5.41 Å². The summed E-state index contributed by atoms with van der Waals surface area (Å²) < 4.78 is 47.0. The Morgan fingerprint density at radius 1 is 0.467 bits per heavy atom. The summed E-state index contributed by atoms with van der Waals surface area (Å²) in [4.78, 5) is 2.22. The Labute approximate surface area is 274 Å². The van der Waals surface area contributed by atoms with E-state index < -0.39 is 11.5 Å². The van der Waals surface area contributed by atoms with Crippen LogP contribution in [0.15, 0.2) is 176 Å². The maximum Gasteiger partial charge on any atom is 0.0714 e. The third-order valence-electron chi connectivity index (χ3n) is 9.00. The van der Waals surface area contributed by atoms with Gasteiger partial charge in [-0.2, -0.15) is 0 Å².